The van der Waals surface area contributed by atoms with Crippen LogP contribution in [0.25, 0.3) is 0 Å². The Morgan fingerprint density at radius 3 is 2.40 bits per heavy atom. The van der Waals surface area contributed by atoms with E-state index in [9.17, 15) is 10.2 Å². The van der Waals surface area contributed by atoms with Gasteiger partial charge in [0.15, 0.2) is 6.10 Å². The van der Waals surface area contributed by atoms with Gasteiger partial charge in [-0.25, -0.2) is 0 Å². The monoisotopic (exact) mass is 204 g/mol. The highest BCUT2D eigenvalue weighted by Gasteiger charge is 2.18. The topological polar surface area (TPSA) is 108 Å². The number of rotatable bonds is 2. The number of aromatic hydroxyl groups is 1. The van der Waals surface area contributed by atoms with Crippen LogP contribution in [-0.4, -0.2) is 21.4 Å². The van der Waals surface area contributed by atoms with Gasteiger partial charge >= 0.3 is 0 Å². The van der Waals surface area contributed by atoms with E-state index in [1.165, 1.54) is 24.3 Å². The predicted molar refractivity (Wildman–Crippen MR) is 49.4 cm³/mol. The molecule has 0 bridgehead atoms. The summed E-state index contributed by atoms with van der Waals surface area (Å²) in [5, 5.41) is 44.6. The van der Waals surface area contributed by atoms with Crippen molar-refractivity contribution in [1.82, 2.24) is 0 Å². The van der Waals surface area contributed by atoms with Crippen molar-refractivity contribution in [2.24, 2.45) is 0 Å². The Kier molecular flexibility index (Phi) is 3.25. The van der Waals surface area contributed by atoms with Crippen LogP contribution in [0.1, 0.15) is 17.2 Å². The Balaban J connectivity index is 3.08. The van der Waals surface area contributed by atoms with E-state index in [0.717, 1.165) is 0 Å². The number of nitrogens with zero attached hydrogens (tertiary/aromatic N) is 2. The minimum atomic E-state index is -1.55. The van der Waals surface area contributed by atoms with Crippen molar-refractivity contribution < 1.29 is 15.3 Å². The smallest absolute Gasteiger partial charge is 0.170 e. The highest BCUT2D eigenvalue weighted by Crippen LogP contribution is 2.23. The number of nitriles is 2. The van der Waals surface area contributed by atoms with Gasteiger partial charge in [0.2, 0.25) is 0 Å². The number of aliphatic hydroxyl groups is 2. The molecule has 0 aliphatic carbocycles. The lowest BCUT2D eigenvalue weighted by atomic mass is 10.0. The van der Waals surface area contributed by atoms with Crippen molar-refractivity contribution in [2.75, 3.05) is 0 Å². The van der Waals surface area contributed by atoms with Gasteiger partial charge in [-0.05, 0) is 17.7 Å². The Morgan fingerprint density at radius 1 is 1.20 bits per heavy atom. The Hall–Kier alpha value is -2.08. The first kappa shape index (κ1) is 11.0. The minimum Gasteiger partial charge on any atom is -0.507 e. The number of hydrogen-bond donors (Lipinski definition) is 3. The Morgan fingerprint density at radius 2 is 1.87 bits per heavy atom. The van der Waals surface area contributed by atoms with Crippen LogP contribution in [0.5, 0.6) is 5.75 Å². The Bertz CT molecular complexity index is 445. The van der Waals surface area contributed by atoms with Crippen LogP contribution in [-0.2, 0) is 0 Å². The lowest BCUT2D eigenvalue weighted by Gasteiger charge is -2.12. The summed E-state index contributed by atoms with van der Waals surface area (Å²) in [5.74, 6) is -0.208. The SMILES string of the molecule is N#Cc1cc(C(O)C(O)C#N)ccc1O. The molecular weight excluding hydrogens is 196 g/mol. The van der Waals surface area contributed by atoms with E-state index in [0.29, 0.717) is 0 Å². The van der Waals surface area contributed by atoms with Crippen molar-refractivity contribution in [3.05, 3.63) is 29.3 Å². The normalized spacial score (nSPS) is 13.6. The fourth-order valence-electron chi connectivity index (χ4n) is 1.08. The summed E-state index contributed by atoms with van der Waals surface area (Å²) in [4.78, 5) is 0. The van der Waals surface area contributed by atoms with Gasteiger partial charge in [-0.1, -0.05) is 6.07 Å². The van der Waals surface area contributed by atoms with Crippen molar-refractivity contribution >= 4 is 0 Å². The zero-order valence-electron chi connectivity index (χ0n) is 7.62. The average Bonchev–Trinajstić information content (AvgIpc) is 2.27. The predicted octanol–water partition coefficient (Wildman–Crippen LogP) is 0.182. The van der Waals surface area contributed by atoms with Crippen LogP contribution in [0.3, 0.4) is 0 Å². The molecule has 0 amide bonds. The van der Waals surface area contributed by atoms with Crippen LogP contribution in [0, 0.1) is 22.7 Å². The number of aliphatic hydroxyl groups excluding tert-OH is 2. The summed E-state index contributed by atoms with van der Waals surface area (Å²) in [6.45, 7) is 0. The maximum absolute atomic E-state index is 9.44. The van der Waals surface area contributed by atoms with Crippen molar-refractivity contribution in [3.8, 4) is 17.9 Å². The molecule has 1 rings (SSSR count). The van der Waals surface area contributed by atoms with Crippen LogP contribution < -0.4 is 0 Å². The van der Waals surface area contributed by atoms with Gasteiger partial charge in [-0.3, -0.25) is 0 Å². The first-order valence-electron chi connectivity index (χ1n) is 4.09. The number of benzene rings is 1. The summed E-state index contributed by atoms with van der Waals surface area (Å²) in [7, 11) is 0. The quantitative estimate of drug-likeness (QED) is 0.595. The first-order valence-corrected chi connectivity index (χ1v) is 4.09. The van der Waals surface area contributed by atoms with Crippen LogP contribution >= 0.6 is 0 Å². The molecule has 1 aromatic carbocycles. The lowest BCUT2D eigenvalue weighted by Crippen LogP contribution is -2.15. The molecule has 0 aliphatic heterocycles. The van der Waals surface area contributed by atoms with E-state index in [-0.39, 0.29) is 16.9 Å². The van der Waals surface area contributed by atoms with E-state index in [4.69, 9.17) is 15.6 Å². The fourth-order valence-corrected chi connectivity index (χ4v) is 1.08. The molecule has 0 fully saturated rings. The van der Waals surface area contributed by atoms with Gasteiger partial charge in [0.05, 0.1) is 11.6 Å². The van der Waals surface area contributed by atoms with Crippen molar-refractivity contribution in [2.45, 2.75) is 12.2 Å². The molecule has 5 nitrogen and oxygen atoms in total. The highest BCUT2D eigenvalue weighted by molar-refractivity contribution is 5.45. The molecule has 0 radical (unpaired) electrons. The standard InChI is InChI=1S/C10H8N2O3/c11-4-7-3-6(1-2-8(7)13)10(15)9(14)5-12/h1-3,9-10,13-15H. The Labute approximate surface area is 86.1 Å². The third kappa shape index (κ3) is 2.23. The molecule has 0 aromatic heterocycles. The van der Waals surface area contributed by atoms with Gasteiger partial charge in [-0.15, -0.1) is 0 Å². The van der Waals surface area contributed by atoms with Gasteiger partial charge in [0.25, 0.3) is 0 Å². The highest BCUT2D eigenvalue weighted by atomic mass is 16.3. The molecule has 0 heterocycles. The molecule has 2 atom stereocenters. The molecule has 76 valence electrons. The molecule has 0 aliphatic rings. The van der Waals surface area contributed by atoms with E-state index in [2.05, 4.69) is 0 Å². The molecule has 0 saturated heterocycles. The number of phenolic OH excluding ortho intramolecular Hbond substituents is 1. The zero-order valence-corrected chi connectivity index (χ0v) is 7.62. The zero-order chi connectivity index (χ0) is 11.4. The van der Waals surface area contributed by atoms with E-state index in [1.807, 2.05) is 0 Å². The average molecular weight is 204 g/mol. The molecule has 3 N–H and O–H groups in total. The summed E-state index contributed by atoms with van der Waals surface area (Å²) < 4.78 is 0. The molecule has 15 heavy (non-hydrogen) atoms. The second-order valence-corrected chi connectivity index (χ2v) is 2.91. The van der Waals surface area contributed by atoms with Gasteiger partial charge in [0, 0.05) is 0 Å². The van der Waals surface area contributed by atoms with Crippen LogP contribution in [0.4, 0.5) is 0 Å². The van der Waals surface area contributed by atoms with Crippen molar-refractivity contribution in [3.63, 3.8) is 0 Å². The number of phenols is 1. The molecule has 5 heteroatoms. The number of hydrogen-bond acceptors (Lipinski definition) is 5. The molecule has 1 aromatic rings. The lowest BCUT2D eigenvalue weighted by molar-refractivity contribution is 0.0527. The minimum absolute atomic E-state index is 0.0170. The van der Waals surface area contributed by atoms with Crippen molar-refractivity contribution in [1.29, 1.82) is 10.5 Å². The van der Waals surface area contributed by atoms with E-state index in [1.54, 1.807) is 6.07 Å². The molecule has 2 unspecified atom stereocenters. The second kappa shape index (κ2) is 4.43. The van der Waals surface area contributed by atoms with E-state index < -0.39 is 12.2 Å². The fraction of sp³-hybridized carbons (Fsp3) is 0.200. The van der Waals surface area contributed by atoms with Gasteiger partial charge < -0.3 is 15.3 Å². The van der Waals surface area contributed by atoms with Gasteiger partial charge in [-0.2, -0.15) is 10.5 Å². The largest absolute Gasteiger partial charge is 0.507 e. The van der Waals surface area contributed by atoms with Crippen LogP contribution in [0.15, 0.2) is 18.2 Å². The molecule has 0 saturated carbocycles. The maximum Gasteiger partial charge on any atom is 0.170 e. The molecular formula is C10H8N2O3. The summed E-state index contributed by atoms with van der Waals surface area (Å²) in [6, 6.07) is 6.98. The van der Waals surface area contributed by atoms with Gasteiger partial charge in [0.1, 0.15) is 17.9 Å². The van der Waals surface area contributed by atoms with E-state index >= 15 is 0 Å². The third-order valence-corrected chi connectivity index (χ3v) is 1.91. The first-order chi connectivity index (χ1) is 7.10. The summed E-state index contributed by atoms with van der Waals surface area (Å²) >= 11 is 0. The second-order valence-electron chi connectivity index (χ2n) is 2.91. The molecule has 0 spiro atoms. The van der Waals surface area contributed by atoms with Crippen LogP contribution in [0.2, 0.25) is 0 Å². The maximum atomic E-state index is 9.44. The summed E-state index contributed by atoms with van der Waals surface area (Å²) in [6.07, 6.45) is -2.94. The summed E-state index contributed by atoms with van der Waals surface area (Å²) in [5.41, 5.74) is 0.190. The third-order valence-electron chi connectivity index (χ3n) is 1.91.